The summed E-state index contributed by atoms with van der Waals surface area (Å²) < 4.78 is 1.03. The van der Waals surface area contributed by atoms with E-state index < -0.39 is 0 Å². The highest BCUT2D eigenvalue weighted by Crippen LogP contribution is 2.14. The van der Waals surface area contributed by atoms with Crippen molar-refractivity contribution in [2.75, 3.05) is 0 Å². The van der Waals surface area contributed by atoms with Crippen LogP contribution in [0.5, 0.6) is 0 Å². The quantitative estimate of drug-likeness (QED) is 0.549. The fraction of sp³-hybridized carbons (Fsp3) is 0.143. The third-order valence-corrected chi connectivity index (χ3v) is 2.55. The molecule has 15 heavy (non-hydrogen) atoms. The second kappa shape index (κ2) is 6.27. The summed E-state index contributed by atoms with van der Waals surface area (Å²) in [6.07, 6.45) is 4.83. The largest absolute Gasteiger partial charge is 0.0978 e. The van der Waals surface area contributed by atoms with Crippen LogP contribution in [0.3, 0.4) is 0 Å². The van der Waals surface area contributed by atoms with Crippen molar-refractivity contribution in [2.24, 2.45) is 0 Å². The molecular formula is C14H13Br. The van der Waals surface area contributed by atoms with Crippen molar-refractivity contribution in [3.8, 4) is 11.8 Å². The Labute approximate surface area is 99.8 Å². The van der Waals surface area contributed by atoms with Crippen molar-refractivity contribution in [2.45, 2.75) is 13.3 Å². The monoisotopic (exact) mass is 260 g/mol. The first-order valence-corrected chi connectivity index (χ1v) is 5.66. The molecule has 0 unspecified atom stereocenters. The van der Waals surface area contributed by atoms with Gasteiger partial charge in [0, 0.05) is 15.6 Å². The summed E-state index contributed by atoms with van der Waals surface area (Å²) in [4.78, 5) is 0. The van der Waals surface area contributed by atoms with E-state index in [0.29, 0.717) is 0 Å². The van der Waals surface area contributed by atoms with Crippen LogP contribution in [0.15, 0.2) is 53.0 Å². The summed E-state index contributed by atoms with van der Waals surface area (Å²) in [7, 11) is 0. The zero-order valence-electron chi connectivity index (χ0n) is 8.76. The Morgan fingerprint density at radius 3 is 2.80 bits per heavy atom. The molecule has 1 aromatic rings. The third-order valence-electron chi connectivity index (χ3n) is 1.86. The SMILES string of the molecule is C=C/C(C#Cc1ccccc1Br)=C\CC. The Balaban J connectivity index is 2.95. The summed E-state index contributed by atoms with van der Waals surface area (Å²) in [5.74, 6) is 6.20. The van der Waals surface area contributed by atoms with Gasteiger partial charge in [0.25, 0.3) is 0 Å². The molecule has 1 aromatic carbocycles. The maximum atomic E-state index is 3.73. The molecule has 0 amide bonds. The van der Waals surface area contributed by atoms with Gasteiger partial charge in [0.15, 0.2) is 0 Å². The number of halogens is 1. The van der Waals surface area contributed by atoms with Crippen LogP contribution in [0.25, 0.3) is 0 Å². The average Bonchev–Trinajstić information content (AvgIpc) is 2.26. The van der Waals surface area contributed by atoms with Gasteiger partial charge < -0.3 is 0 Å². The fourth-order valence-corrected chi connectivity index (χ4v) is 1.49. The van der Waals surface area contributed by atoms with E-state index in [1.165, 1.54) is 0 Å². The molecule has 0 spiro atoms. The van der Waals surface area contributed by atoms with Crippen molar-refractivity contribution in [3.05, 3.63) is 58.6 Å². The van der Waals surface area contributed by atoms with Crippen LogP contribution in [-0.2, 0) is 0 Å². The van der Waals surface area contributed by atoms with Gasteiger partial charge in [0.2, 0.25) is 0 Å². The maximum Gasteiger partial charge on any atom is 0.0391 e. The molecule has 0 heterocycles. The van der Waals surface area contributed by atoms with Gasteiger partial charge in [-0.05, 0) is 34.5 Å². The summed E-state index contributed by atoms with van der Waals surface area (Å²) in [6, 6.07) is 7.93. The van der Waals surface area contributed by atoms with Crippen LogP contribution in [0.1, 0.15) is 18.9 Å². The van der Waals surface area contributed by atoms with Gasteiger partial charge >= 0.3 is 0 Å². The van der Waals surface area contributed by atoms with Crippen molar-refractivity contribution < 1.29 is 0 Å². The molecule has 0 aromatic heterocycles. The van der Waals surface area contributed by atoms with Crippen molar-refractivity contribution >= 4 is 15.9 Å². The van der Waals surface area contributed by atoms with Gasteiger partial charge in [-0.3, -0.25) is 0 Å². The van der Waals surface area contributed by atoms with Crippen LogP contribution in [-0.4, -0.2) is 0 Å². The lowest BCUT2D eigenvalue weighted by Crippen LogP contribution is -1.77. The van der Waals surface area contributed by atoms with Gasteiger partial charge in [-0.1, -0.05) is 49.6 Å². The minimum atomic E-state index is 0.978. The van der Waals surface area contributed by atoms with E-state index in [9.17, 15) is 0 Å². The first-order chi connectivity index (χ1) is 7.27. The highest BCUT2D eigenvalue weighted by atomic mass is 79.9. The molecule has 0 fully saturated rings. The molecular weight excluding hydrogens is 248 g/mol. The molecule has 0 atom stereocenters. The predicted octanol–water partition coefficient (Wildman–Crippen LogP) is 4.32. The molecule has 0 aliphatic rings. The second-order valence-electron chi connectivity index (χ2n) is 3.00. The molecule has 0 saturated carbocycles. The standard InChI is InChI=1S/C14H13Br/c1-3-7-12(4-2)10-11-13-8-5-6-9-14(13)15/h4-9H,2-3H2,1H3/b12-7+. The Kier molecular flexibility index (Phi) is 4.93. The smallest absolute Gasteiger partial charge is 0.0391 e. The third kappa shape index (κ3) is 3.77. The van der Waals surface area contributed by atoms with Crippen LogP contribution >= 0.6 is 15.9 Å². The van der Waals surface area contributed by atoms with Gasteiger partial charge in [-0.15, -0.1) is 0 Å². The molecule has 0 aliphatic carbocycles. The van der Waals surface area contributed by atoms with E-state index in [0.717, 1.165) is 22.0 Å². The minimum absolute atomic E-state index is 0.978. The average molecular weight is 261 g/mol. The maximum absolute atomic E-state index is 3.73. The molecule has 1 rings (SSSR count). The zero-order chi connectivity index (χ0) is 11.1. The molecule has 0 bridgehead atoms. The first-order valence-electron chi connectivity index (χ1n) is 4.87. The van der Waals surface area contributed by atoms with E-state index in [4.69, 9.17) is 0 Å². The fourth-order valence-electron chi connectivity index (χ4n) is 1.11. The summed E-state index contributed by atoms with van der Waals surface area (Å²) in [5, 5.41) is 0. The number of hydrogen-bond acceptors (Lipinski definition) is 0. The van der Waals surface area contributed by atoms with Crippen molar-refractivity contribution in [3.63, 3.8) is 0 Å². The highest BCUT2D eigenvalue weighted by Gasteiger charge is 1.92. The number of benzene rings is 1. The molecule has 0 radical (unpaired) electrons. The van der Waals surface area contributed by atoms with Crippen molar-refractivity contribution in [1.82, 2.24) is 0 Å². The normalized spacial score (nSPS) is 10.4. The molecule has 1 heteroatoms. The van der Waals surface area contributed by atoms with Gasteiger partial charge in [0.1, 0.15) is 0 Å². The van der Waals surface area contributed by atoms with Gasteiger partial charge in [-0.2, -0.15) is 0 Å². The minimum Gasteiger partial charge on any atom is -0.0978 e. The van der Waals surface area contributed by atoms with Gasteiger partial charge in [-0.25, -0.2) is 0 Å². The van der Waals surface area contributed by atoms with E-state index in [1.54, 1.807) is 6.08 Å². The molecule has 76 valence electrons. The summed E-state index contributed by atoms with van der Waals surface area (Å²) in [6.45, 7) is 5.82. The molecule has 0 nitrogen and oxygen atoms in total. The van der Waals surface area contributed by atoms with Crippen LogP contribution in [0.4, 0.5) is 0 Å². The van der Waals surface area contributed by atoms with E-state index in [2.05, 4.69) is 47.3 Å². The van der Waals surface area contributed by atoms with E-state index >= 15 is 0 Å². The second-order valence-corrected chi connectivity index (χ2v) is 3.86. The molecule has 0 saturated heterocycles. The predicted molar refractivity (Wildman–Crippen MR) is 69.6 cm³/mol. The Bertz CT molecular complexity index is 430. The summed E-state index contributed by atoms with van der Waals surface area (Å²) in [5.41, 5.74) is 1.98. The van der Waals surface area contributed by atoms with Crippen LogP contribution < -0.4 is 0 Å². The molecule has 0 N–H and O–H groups in total. The Hall–Kier alpha value is -1.26. The molecule has 0 aliphatic heterocycles. The van der Waals surface area contributed by atoms with E-state index in [-0.39, 0.29) is 0 Å². The number of allylic oxidation sites excluding steroid dienone is 3. The van der Waals surface area contributed by atoms with Crippen LogP contribution in [0, 0.1) is 11.8 Å². The lowest BCUT2D eigenvalue weighted by atomic mass is 10.2. The number of rotatable bonds is 2. The topological polar surface area (TPSA) is 0 Å². The van der Waals surface area contributed by atoms with Crippen molar-refractivity contribution in [1.29, 1.82) is 0 Å². The number of hydrogen-bond donors (Lipinski definition) is 0. The Morgan fingerprint density at radius 2 is 2.20 bits per heavy atom. The lowest BCUT2D eigenvalue weighted by molar-refractivity contribution is 1.21. The lowest BCUT2D eigenvalue weighted by Gasteiger charge is -1.93. The van der Waals surface area contributed by atoms with E-state index in [1.807, 2.05) is 24.3 Å². The van der Waals surface area contributed by atoms with Crippen LogP contribution in [0.2, 0.25) is 0 Å². The Morgan fingerprint density at radius 1 is 1.47 bits per heavy atom. The summed E-state index contributed by atoms with van der Waals surface area (Å²) >= 11 is 3.46. The highest BCUT2D eigenvalue weighted by molar-refractivity contribution is 9.10. The zero-order valence-corrected chi connectivity index (χ0v) is 10.3. The van der Waals surface area contributed by atoms with Gasteiger partial charge in [0.05, 0.1) is 0 Å². The first kappa shape index (κ1) is 11.8.